The minimum atomic E-state index is -1.35. The molecule has 0 radical (unpaired) electrons. The molecule has 0 aromatic rings. The zero-order chi connectivity index (χ0) is 13.4. The number of amides is 1. The predicted molar refractivity (Wildman–Crippen MR) is 62.1 cm³/mol. The molecule has 6 heteroatoms. The number of nitrogens with one attached hydrogen (secondary N) is 1. The van der Waals surface area contributed by atoms with Gasteiger partial charge >= 0.3 is 0 Å². The molecule has 0 heterocycles. The maximum Gasteiger partial charge on any atom is 0.219 e. The van der Waals surface area contributed by atoms with Gasteiger partial charge in [-0.25, -0.2) is 0 Å². The average Bonchev–Trinajstić information content (AvgIpc) is 2.35. The smallest absolute Gasteiger partial charge is 0.219 e. The molecule has 0 spiro atoms. The topological polar surface area (TPSA) is 110 Å². The van der Waals surface area contributed by atoms with Crippen LogP contribution in [0.2, 0.25) is 0 Å². The normalized spacial score (nSPS) is 17.9. The second-order valence-electron chi connectivity index (χ2n) is 3.78. The largest absolute Gasteiger partial charge is 0.394 e. The third-order valence-electron chi connectivity index (χ3n) is 2.52. The van der Waals surface area contributed by atoms with Gasteiger partial charge in [0.25, 0.3) is 0 Å². The van der Waals surface area contributed by atoms with Gasteiger partial charge in [0.15, 0.2) is 0 Å². The molecule has 0 saturated carbocycles. The molecule has 0 aliphatic carbocycles. The number of hydrogen-bond acceptors (Lipinski definition) is 5. The number of hydrogen-bond donors (Lipinski definition) is 5. The van der Waals surface area contributed by atoms with Crippen LogP contribution < -0.4 is 5.32 Å². The van der Waals surface area contributed by atoms with E-state index in [0.29, 0.717) is 6.42 Å². The van der Waals surface area contributed by atoms with Crippen molar-refractivity contribution in [2.75, 3.05) is 13.2 Å². The van der Waals surface area contributed by atoms with Crippen LogP contribution in [0.15, 0.2) is 12.7 Å². The van der Waals surface area contributed by atoms with Crippen LogP contribution in [0.5, 0.6) is 0 Å². The van der Waals surface area contributed by atoms with E-state index in [1.807, 2.05) is 0 Å². The highest BCUT2D eigenvalue weighted by Crippen LogP contribution is 2.14. The van der Waals surface area contributed by atoms with Crippen LogP contribution in [0.1, 0.15) is 13.3 Å². The van der Waals surface area contributed by atoms with Gasteiger partial charge in [-0.3, -0.25) is 4.79 Å². The summed E-state index contributed by atoms with van der Waals surface area (Å²) in [6.45, 7) is 4.46. The molecule has 0 fully saturated rings. The number of carbonyl (C=O) groups excluding carboxylic acids is 1. The van der Waals surface area contributed by atoms with Gasteiger partial charge in [-0.2, -0.15) is 0 Å². The molecule has 4 atom stereocenters. The number of rotatable bonds is 8. The summed E-state index contributed by atoms with van der Waals surface area (Å²) >= 11 is 0. The molecular weight excluding hydrogens is 226 g/mol. The SMILES string of the molecule is C=CC(C(O)CNC(=O)CC)C(O)C(O)CO. The van der Waals surface area contributed by atoms with Gasteiger partial charge in [0.2, 0.25) is 5.91 Å². The molecule has 100 valence electrons. The van der Waals surface area contributed by atoms with Crippen molar-refractivity contribution in [3.63, 3.8) is 0 Å². The van der Waals surface area contributed by atoms with Gasteiger partial charge in [-0.1, -0.05) is 13.0 Å². The summed E-state index contributed by atoms with van der Waals surface area (Å²) in [5.41, 5.74) is 0. The van der Waals surface area contributed by atoms with Gasteiger partial charge < -0.3 is 25.7 Å². The second kappa shape index (κ2) is 8.19. The fourth-order valence-corrected chi connectivity index (χ4v) is 1.37. The third kappa shape index (κ3) is 5.27. The van der Waals surface area contributed by atoms with Crippen molar-refractivity contribution in [3.05, 3.63) is 12.7 Å². The highest BCUT2D eigenvalue weighted by Gasteiger charge is 2.29. The quantitative estimate of drug-likeness (QED) is 0.331. The number of aliphatic hydroxyl groups excluding tert-OH is 4. The average molecular weight is 247 g/mol. The summed E-state index contributed by atoms with van der Waals surface area (Å²) in [5.74, 6) is -1.04. The number of carbonyl (C=O) groups is 1. The van der Waals surface area contributed by atoms with Crippen LogP contribution in [-0.2, 0) is 4.79 Å². The summed E-state index contributed by atoms with van der Waals surface area (Å²) in [7, 11) is 0. The van der Waals surface area contributed by atoms with Crippen LogP contribution in [0, 0.1) is 5.92 Å². The van der Waals surface area contributed by atoms with Crippen LogP contribution in [0.4, 0.5) is 0 Å². The molecule has 17 heavy (non-hydrogen) atoms. The Hall–Kier alpha value is -0.950. The first kappa shape index (κ1) is 16.1. The predicted octanol–water partition coefficient (Wildman–Crippen LogP) is -1.61. The lowest BCUT2D eigenvalue weighted by molar-refractivity contribution is -0.121. The van der Waals surface area contributed by atoms with Gasteiger partial charge in [0.1, 0.15) is 6.10 Å². The van der Waals surface area contributed by atoms with E-state index in [1.54, 1.807) is 6.92 Å². The third-order valence-corrected chi connectivity index (χ3v) is 2.52. The highest BCUT2D eigenvalue weighted by atomic mass is 16.4. The Morgan fingerprint density at radius 1 is 1.35 bits per heavy atom. The lowest BCUT2D eigenvalue weighted by Gasteiger charge is -2.27. The summed E-state index contributed by atoms with van der Waals surface area (Å²) in [6, 6.07) is 0. The lowest BCUT2D eigenvalue weighted by Crippen LogP contribution is -2.45. The van der Waals surface area contributed by atoms with Crippen molar-refractivity contribution in [2.24, 2.45) is 5.92 Å². The Kier molecular flexibility index (Phi) is 7.73. The first-order valence-corrected chi connectivity index (χ1v) is 5.52. The minimum Gasteiger partial charge on any atom is -0.394 e. The molecule has 0 saturated heterocycles. The van der Waals surface area contributed by atoms with Gasteiger partial charge in [-0.05, 0) is 0 Å². The van der Waals surface area contributed by atoms with Crippen molar-refractivity contribution >= 4 is 5.91 Å². The van der Waals surface area contributed by atoms with E-state index in [1.165, 1.54) is 6.08 Å². The van der Waals surface area contributed by atoms with E-state index >= 15 is 0 Å². The summed E-state index contributed by atoms with van der Waals surface area (Å²) in [5, 5.41) is 39.8. The standard InChI is InChI=1S/C11H21NO5/c1-3-7(11(17)9(15)6-13)8(14)5-12-10(16)4-2/h3,7-9,11,13-15,17H,1,4-6H2,2H3,(H,12,16). The van der Waals surface area contributed by atoms with Crippen LogP contribution >= 0.6 is 0 Å². The zero-order valence-electron chi connectivity index (χ0n) is 9.91. The van der Waals surface area contributed by atoms with E-state index < -0.39 is 30.8 Å². The molecule has 0 rings (SSSR count). The van der Waals surface area contributed by atoms with E-state index in [4.69, 9.17) is 5.11 Å². The Morgan fingerprint density at radius 3 is 2.35 bits per heavy atom. The summed E-state index contributed by atoms with van der Waals surface area (Å²) in [6.07, 6.45) is -2.17. The highest BCUT2D eigenvalue weighted by molar-refractivity contribution is 5.75. The molecule has 5 N–H and O–H groups in total. The second-order valence-corrected chi connectivity index (χ2v) is 3.78. The van der Waals surface area contributed by atoms with Crippen LogP contribution in [0.3, 0.4) is 0 Å². The molecule has 1 amide bonds. The zero-order valence-corrected chi connectivity index (χ0v) is 9.91. The minimum absolute atomic E-state index is 0.0431. The maximum absolute atomic E-state index is 11.0. The van der Waals surface area contributed by atoms with Gasteiger partial charge in [-0.15, -0.1) is 6.58 Å². The van der Waals surface area contributed by atoms with Crippen molar-refractivity contribution < 1.29 is 25.2 Å². The Morgan fingerprint density at radius 2 is 1.94 bits per heavy atom. The molecule has 6 nitrogen and oxygen atoms in total. The van der Waals surface area contributed by atoms with E-state index in [0.717, 1.165) is 0 Å². The van der Waals surface area contributed by atoms with E-state index in [2.05, 4.69) is 11.9 Å². The van der Waals surface area contributed by atoms with E-state index in [9.17, 15) is 20.1 Å². The van der Waals surface area contributed by atoms with Gasteiger partial charge in [0.05, 0.1) is 18.8 Å². The van der Waals surface area contributed by atoms with Crippen LogP contribution in [0.25, 0.3) is 0 Å². The Balaban J connectivity index is 4.34. The molecule has 0 aliphatic rings. The lowest BCUT2D eigenvalue weighted by atomic mass is 9.92. The van der Waals surface area contributed by atoms with Crippen molar-refractivity contribution in [1.82, 2.24) is 5.32 Å². The van der Waals surface area contributed by atoms with Crippen molar-refractivity contribution in [2.45, 2.75) is 31.7 Å². The van der Waals surface area contributed by atoms with E-state index in [-0.39, 0.29) is 12.5 Å². The molecule has 0 aromatic heterocycles. The first-order valence-electron chi connectivity index (χ1n) is 5.52. The fraction of sp³-hybridized carbons (Fsp3) is 0.727. The Labute approximate surface area is 101 Å². The van der Waals surface area contributed by atoms with Gasteiger partial charge in [0, 0.05) is 18.9 Å². The molecular formula is C11H21NO5. The van der Waals surface area contributed by atoms with Crippen molar-refractivity contribution in [3.8, 4) is 0 Å². The Bertz CT molecular complexity index is 246. The first-order chi connectivity index (χ1) is 7.97. The molecule has 0 aromatic carbocycles. The molecule has 0 aliphatic heterocycles. The summed E-state index contributed by atoms with van der Waals surface area (Å²) in [4.78, 5) is 11.0. The maximum atomic E-state index is 11.0. The molecule has 0 bridgehead atoms. The monoisotopic (exact) mass is 247 g/mol. The van der Waals surface area contributed by atoms with Crippen molar-refractivity contribution in [1.29, 1.82) is 0 Å². The number of aliphatic hydroxyl groups is 4. The summed E-state index contributed by atoms with van der Waals surface area (Å²) < 4.78 is 0. The molecule has 4 unspecified atom stereocenters. The van der Waals surface area contributed by atoms with Crippen LogP contribution in [-0.4, -0.2) is 57.8 Å². The fourth-order valence-electron chi connectivity index (χ4n) is 1.37.